The van der Waals surface area contributed by atoms with Crippen LogP contribution in [-0.2, 0) is 6.42 Å². The summed E-state index contributed by atoms with van der Waals surface area (Å²) >= 11 is 0. The lowest BCUT2D eigenvalue weighted by atomic mass is 10.0. The lowest BCUT2D eigenvalue weighted by Gasteiger charge is -2.10. The van der Waals surface area contributed by atoms with Crippen molar-refractivity contribution in [2.24, 2.45) is 0 Å². The molecule has 0 heterocycles. The first-order valence-corrected chi connectivity index (χ1v) is 7.00. The predicted octanol–water partition coefficient (Wildman–Crippen LogP) is 5.07. The Bertz CT molecular complexity index is 813. The summed E-state index contributed by atoms with van der Waals surface area (Å²) in [5, 5.41) is 11.1. The van der Waals surface area contributed by atoms with E-state index >= 15 is 0 Å². The number of benzene rings is 3. The van der Waals surface area contributed by atoms with Crippen molar-refractivity contribution in [3.05, 3.63) is 71.8 Å². The van der Waals surface area contributed by atoms with Gasteiger partial charge in [-0.05, 0) is 36.2 Å². The quantitative estimate of drug-likeness (QED) is 0.667. The topological polar surface area (TPSA) is 33.0 Å². The number of aryl methyl sites for hydroxylation is 1. The molecule has 21 heavy (non-hydrogen) atoms. The minimum atomic E-state index is 0.666. The van der Waals surface area contributed by atoms with E-state index in [1.54, 1.807) is 6.07 Å². The first kappa shape index (κ1) is 13.2. The maximum absolute atomic E-state index is 9.18. The van der Waals surface area contributed by atoms with Crippen LogP contribution in [0.15, 0.2) is 60.7 Å². The Labute approximate surface area is 124 Å². The van der Waals surface area contributed by atoms with Crippen molar-refractivity contribution in [1.82, 2.24) is 0 Å². The average molecular weight is 273 g/mol. The molecular weight excluding hydrogens is 258 g/mol. The molecule has 0 aliphatic rings. The number of nitrogens with zero attached hydrogens (tertiary/aromatic N) is 1. The molecule has 0 saturated carbocycles. The Morgan fingerprint density at radius 2 is 1.62 bits per heavy atom. The fraction of sp³-hybridized carbons (Fsp3) is 0.105. The average Bonchev–Trinajstić information content (AvgIpc) is 2.56. The molecule has 0 bridgehead atoms. The molecule has 102 valence electrons. The summed E-state index contributed by atoms with van der Waals surface area (Å²) in [6.45, 7) is 2.13. The Morgan fingerprint density at radius 3 is 2.29 bits per heavy atom. The lowest BCUT2D eigenvalue weighted by molar-refractivity contribution is 0.488. The van der Waals surface area contributed by atoms with Crippen molar-refractivity contribution < 1.29 is 4.74 Å². The maximum Gasteiger partial charge on any atom is 0.135 e. The molecule has 2 heteroatoms. The third-order valence-electron chi connectivity index (χ3n) is 3.56. The first-order valence-electron chi connectivity index (χ1n) is 7.00. The van der Waals surface area contributed by atoms with Gasteiger partial charge >= 0.3 is 0 Å². The van der Waals surface area contributed by atoms with Gasteiger partial charge in [-0.3, -0.25) is 0 Å². The van der Waals surface area contributed by atoms with Gasteiger partial charge in [0.2, 0.25) is 0 Å². The highest BCUT2D eigenvalue weighted by Gasteiger charge is 2.07. The molecule has 0 aliphatic carbocycles. The van der Waals surface area contributed by atoms with Gasteiger partial charge in [0.25, 0.3) is 0 Å². The standard InChI is InChI=1S/C19H15NO/c1-2-14-7-10-16(11-8-14)21-19-12-9-15(13-20)17-5-3-4-6-18(17)19/h3-12H,2H2,1H3. The van der Waals surface area contributed by atoms with E-state index in [9.17, 15) is 5.26 Å². The van der Waals surface area contributed by atoms with Crippen LogP contribution in [0.1, 0.15) is 18.1 Å². The van der Waals surface area contributed by atoms with Gasteiger partial charge in [0, 0.05) is 10.8 Å². The van der Waals surface area contributed by atoms with Gasteiger partial charge in [-0.1, -0.05) is 43.3 Å². The normalized spacial score (nSPS) is 10.3. The van der Waals surface area contributed by atoms with E-state index in [0.29, 0.717) is 5.56 Å². The minimum Gasteiger partial charge on any atom is -0.457 e. The summed E-state index contributed by atoms with van der Waals surface area (Å²) in [5.41, 5.74) is 1.95. The number of fused-ring (bicyclic) bond motifs is 1. The molecule has 0 N–H and O–H groups in total. The van der Waals surface area contributed by atoms with Crippen molar-refractivity contribution in [1.29, 1.82) is 5.26 Å². The highest BCUT2D eigenvalue weighted by molar-refractivity contribution is 5.92. The number of hydrogen-bond donors (Lipinski definition) is 0. The molecule has 0 unspecified atom stereocenters. The van der Waals surface area contributed by atoms with Gasteiger partial charge in [0.1, 0.15) is 11.5 Å². The minimum absolute atomic E-state index is 0.666. The van der Waals surface area contributed by atoms with Crippen molar-refractivity contribution in [2.75, 3.05) is 0 Å². The van der Waals surface area contributed by atoms with Crippen LogP contribution in [0.4, 0.5) is 0 Å². The predicted molar refractivity (Wildman–Crippen MR) is 84.6 cm³/mol. The summed E-state index contributed by atoms with van der Waals surface area (Å²) in [5.74, 6) is 1.58. The fourth-order valence-corrected chi connectivity index (χ4v) is 2.38. The number of nitriles is 1. The zero-order valence-corrected chi connectivity index (χ0v) is 11.8. The van der Waals surface area contributed by atoms with E-state index in [4.69, 9.17) is 4.74 Å². The molecule has 0 saturated heterocycles. The smallest absolute Gasteiger partial charge is 0.135 e. The molecule has 0 aliphatic heterocycles. The summed E-state index contributed by atoms with van der Waals surface area (Å²) in [6.07, 6.45) is 1.01. The van der Waals surface area contributed by atoms with Gasteiger partial charge in [-0.15, -0.1) is 0 Å². The maximum atomic E-state index is 9.18. The highest BCUT2D eigenvalue weighted by atomic mass is 16.5. The molecule has 3 aromatic rings. The molecule has 0 fully saturated rings. The van der Waals surface area contributed by atoms with Crippen LogP contribution >= 0.6 is 0 Å². The molecule has 0 spiro atoms. The molecule has 2 nitrogen and oxygen atoms in total. The zero-order chi connectivity index (χ0) is 14.7. The van der Waals surface area contributed by atoms with Crippen molar-refractivity contribution >= 4 is 10.8 Å². The summed E-state index contributed by atoms with van der Waals surface area (Å²) < 4.78 is 5.98. The first-order chi connectivity index (χ1) is 10.3. The van der Waals surface area contributed by atoms with Gasteiger partial charge in [-0.2, -0.15) is 5.26 Å². The largest absolute Gasteiger partial charge is 0.457 e. The summed E-state index contributed by atoms with van der Waals surface area (Å²) in [7, 11) is 0. The van der Waals surface area contributed by atoms with E-state index in [-0.39, 0.29) is 0 Å². The molecule has 3 rings (SSSR count). The number of ether oxygens (including phenoxy) is 1. The second kappa shape index (κ2) is 5.68. The number of rotatable bonds is 3. The van der Waals surface area contributed by atoms with E-state index in [1.165, 1.54) is 5.56 Å². The Balaban J connectivity index is 2.02. The van der Waals surface area contributed by atoms with Gasteiger partial charge in [-0.25, -0.2) is 0 Å². The second-order valence-corrected chi connectivity index (χ2v) is 4.87. The van der Waals surface area contributed by atoms with Crippen molar-refractivity contribution in [3.63, 3.8) is 0 Å². The fourth-order valence-electron chi connectivity index (χ4n) is 2.38. The SMILES string of the molecule is CCc1ccc(Oc2ccc(C#N)c3ccccc23)cc1. The molecule has 3 aromatic carbocycles. The zero-order valence-electron chi connectivity index (χ0n) is 11.8. The van der Waals surface area contributed by atoms with Crippen molar-refractivity contribution in [3.8, 4) is 17.6 Å². The summed E-state index contributed by atoms with van der Waals surface area (Å²) in [4.78, 5) is 0. The van der Waals surface area contributed by atoms with Gasteiger partial charge < -0.3 is 4.74 Å². The number of hydrogen-bond acceptors (Lipinski definition) is 2. The van der Waals surface area contributed by atoms with Crippen LogP contribution < -0.4 is 4.74 Å². The van der Waals surface area contributed by atoms with E-state index in [2.05, 4.69) is 25.1 Å². The van der Waals surface area contributed by atoms with Gasteiger partial charge in [0.05, 0.1) is 11.6 Å². The Hall–Kier alpha value is -2.79. The third-order valence-corrected chi connectivity index (χ3v) is 3.56. The van der Waals surface area contributed by atoms with Crippen LogP contribution in [0, 0.1) is 11.3 Å². The Kier molecular flexibility index (Phi) is 3.57. The van der Waals surface area contributed by atoms with Crippen LogP contribution in [0.25, 0.3) is 10.8 Å². The van der Waals surface area contributed by atoms with E-state index < -0.39 is 0 Å². The highest BCUT2D eigenvalue weighted by Crippen LogP contribution is 2.31. The van der Waals surface area contributed by atoms with Crippen LogP contribution in [0.2, 0.25) is 0 Å². The molecule has 0 radical (unpaired) electrons. The molecular formula is C19H15NO. The molecule has 0 aromatic heterocycles. The molecule has 0 amide bonds. The van der Waals surface area contributed by atoms with Gasteiger partial charge in [0.15, 0.2) is 0 Å². The third kappa shape index (κ3) is 2.59. The van der Waals surface area contributed by atoms with E-state index in [0.717, 1.165) is 28.7 Å². The second-order valence-electron chi connectivity index (χ2n) is 4.87. The van der Waals surface area contributed by atoms with Crippen LogP contribution in [0.3, 0.4) is 0 Å². The van der Waals surface area contributed by atoms with Crippen molar-refractivity contribution in [2.45, 2.75) is 13.3 Å². The van der Waals surface area contributed by atoms with Crippen LogP contribution in [0.5, 0.6) is 11.5 Å². The summed E-state index contributed by atoms with van der Waals surface area (Å²) in [6, 6.07) is 21.8. The molecule has 0 atom stereocenters. The lowest BCUT2D eigenvalue weighted by Crippen LogP contribution is -1.88. The van der Waals surface area contributed by atoms with Crippen LogP contribution in [-0.4, -0.2) is 0 Å². The van der Waals surface area contributed by atoms with E-state index in [1.807, 2.05) is 42.5 Å². The Morgan fingerprint density at radius 1 is 0.905 bits per heavy atom. The monoisotopic (exact) mass is 273 g/mol.